The third-order valence-corrected chi connectivity index (χ3v) is 5.79. The first-order valence-corrected chi connectivity index (χ1v) is 10.3. The van der Waals surface area contributed by atoms with Gasteiger partial charge in [0, 0.05) is 6.42 Å². The summed E-state index contributed by atoms with van der Waals surface area (Å²) >= 11 is 6.33. The predicted molar refractivity (Wildman–Crippen MR) is 112 cm³/mol. The van der Waals surface area contributed by atoms with Crippen molar-refractivity contribution in [3.8, 4) is 0 Å². The third kappa shape index (κ3) is 4.29. The number of nitrogens with zero attached hydrogens (tertiary/aromatic N) is 2. The number of nitrogens with one attached hydrogen (secondary N) is 2. The van der Waals surface area contributed by atoms with Crippen LogP contribution in [-0.2, 0) is 0 Å². The van der Waals surface area contributed by atoms with E-state index in [0.29, 0.717) is 10.2 Å². The van der Waals surface area contributed by atoms with Crippen LogP contribution in [0.4, 0.5) is 23.4 Å². The number of carbonyl (C=O) groups is 1. The van der Waals surface area contributed by atoms with Crippen LogP contribution in [0.2, 0.25) is 5.02 Å². The quantitative estimate of drug-likeness (QED) is 0.476. The highest BCUT2D eigenvalue weighted by molar-refractivity contribution is 6.36. The molecule has 0 bridgehead atoms. The summed E-state index contributed by atoms with van der Waals surface area (Å²) in [5.74, 6) is -1.28. The fourth-order valence-electron chi connectivity index (χ4n) is 3.74. The molecule has 0 fully saturated rings. The van der Waals surface area contributed by atoms with E-state index in [-0.39, 0.29) is 23.0 Å². The molecule has 168 valence electrons. The Morgan fingerprint density at radius 3 is 2.47 bits per heavy atom. The Hall–Kier alpha value is -3.07. The molecule has 5 nitrogen and oxygen atoms in total. The number of carbonyl (C=O) groups excluding carboxylic acids is 1. The number of alkyl halides is 3. The van der Waals surface area contributed by atoms with Gasteiger partial charge in [-0.05, 0) is 30.2 Å². The molecule has 0 saturated heterocycles. The highest BCUT2D eigenvalue weighted by atomic mass is 35.5. The second-order valence-electron chi connectivity index (χ2n) is 7.60. The van der Waals surface area contributed by atoms with Crippen LogP contribution in [0.25, 0.3) is 0 Å². The van der Waals surface area contributed by atoms with E-state index >= 15 is 0 Å². The van der Waals surface area contributed by atoms with Crippen LogP contribution >= 0.6 is 11.6 Å². The maximum absolute atomic E-state index is 13.9. The van der Waals surface area contributed by atoms with Crippen molar-refractivity contribution in [2.75, 3.05) is 5.32 Å². The largest absolute Gasteiger partial charge is 0.410 e. The number of halogens is 5. The average Bonchev–Trinajstić information content (AvgIpc) is 3.10. The zero-order valence-corrected chi connectivity index (χ0v) is 17.6. The normalized spacial score (nSPS) is 19.1. The number of rotatable bonds is 4. The van der Waals surface area contributed by atoms with Crippen molar-refractivity contribution >= 4 is 23.3 Å². The van der Waals surface area contributed by atoms with Gasteiger partial charge in [0.1, 0.15) is 16.7 Å². The van der Waals surface area contributed by atoms with Crippen molar-refractivity contribution in [3.63, 3.8) is 0 Å². The second kappa shape index (κ2) is 8.46. The zero-order chi connectivity index (χ0) is 23.0. The van der Waals surface area contributed by atoms with Gasteiger partial charge in [-0.15, -0.1) is 0 Å². The van der Waals surface area contributed by atoms with Crippen molar-refractivity contribution in [3.05, 3.63) is 82.3 Å². The van der Waals surface area contributed by atoms with E-state index < -0.39 is 36.0 Å². The molecular formula is C22H19ClF4N4O. The fourth-order valence-corrected chi connectivity index (χ4v) is 4.00. The molecule has 0 aliphatic carbocycles. The molecule has 1 aromatic heterocycles. The lowest BCUT2D eigenvalue weighted by Gasteiger charge is -2.33. The number of amides is 1. The van der Waals surface area contributed by atoms with Gasteiger partial charge in [0.2, 0.25) is 0 Å². The zero-order valence-electron chi connectivity index (χ0n) is 16.8. The van der Waals surface area contributed by atoms with Crippen molar-refractivity contribution in [2.24, 2.45) is 0 Å². The Morgan fingerprint density at radius 2 is 1.84 bits per heavy atom. The van der Waals surface area contributed by atoms with Gasteiger partial charge in [-0.2, -0.15) is 18.3 Å². The molecular weight excluding hydrogens is 448 g/mol. The van der Waals surface area contributed by atoms with Gasteiger partial charge in [-0.3, -0.25) is 4.79 Å². The van der Waals surface area contributed by atoms with E-state index in [2.05, 4.69) is 15.7 Å². The maximum atomic E-state index is 13.9. The van der Waals surface area contributed by atoms with Crippen LogP contribution in [0.5, 0.6) is 0 Å². The summed E-state index contributed by atoms with van der Waals surface area (Å²) in [5, 5.41) is 9.36. The minimum absolute atomic E-state index is 0.105. The number of benzene rings is 2. The molecule has 0 saturated carbocycles. The SMILES string of the molecule is C[C@@H](NC(=O)c1nn2c(c1Cl)N[C@@H](c1ccc(F)cc1)C[C@@H]2C(F)(F)F)c1ccccc1. The molecule has 1 aliphatic heterocycles. The summed E-state index contributed by atoms with van der Waals surface area (Å²) in [6.45, 7) is 1.75. The number of aromatic nitrogens is 2. The third-order valence-electron chi connectivity index (χ3n) is 5.43. The Labute approximate surface area is 186 Å². The molecule has 3 aromatic rings. The topological polar surface area (TPSA) is 59.0 Å². The molecule has 2 aromatic carbocycles. The number of hydrogen-bond acceptors (Lipinski definition) is 3. The van der Waals surface area contributed by atoms with Crippen LogP contribution in [0.3, 0.4) is 0 Å². The van der Waals surface area contributed by atoms with Crippen LogP contribution < -0.4 is 10.6 Å². The first kappa shape index (κ1) is 22.1. The van der Waals surface area contributed by atoms with E-state index in [4.69, 9.17) is 11.6 Å². The molecule has 0 unspecified atom stereocenters. The van der Waals surface area contributed by atoms with Crippen molar-refractivity contribution in [1.82, 2.24) is 15.1 Å². The average molecular weight is 467 g/mol. The Kier molecular flexibility index (Phi) is 5.85. The molecule has 32 heavy (non-hydrogen) atoms. The molecule has 2 N–H and O–H groups in total. The summed E-state index contributed by atoms with van der Waals surface area (Å²) in [6.07, 6.45) is -5.02. The van der Waals surface area contributed by atoms with Crippen LogP contribution in [-0.4, -0.2) is 21.9 Å². The van der Waals surface area contributed by atoms with E-state index in [1.165, 1.54) is 24.3 Å². The minimum Gasteiger partial charge on any atom is -0.362 e. The monoisotopic (exact) mass is 466 g/mol. The highest BCUT2D eigenvalue weighted by Crippen LogP contribution is 2.46. The van der Waals surface area contributed by atoms with Crippen LogP contribution in [0.15, 0.2) is 54.6 Å². The summed E-state index contributed by atoms with van der Waals surface area (Å²) in [7, 11) is 0. The highest BCUT2D eigenvalue weighted by Gasteiger charge is 2.47. The summed E-state index contributed by atoms with van der Waals surface area (Å²) in [6, 6.07) is 11.1. The minimum atomic E-state index is -4.63. The fraction of sp³-hybridized carbons (Fsp3) is 0.273. The Bertz CT molecular complexity index is 1120. The molecule has 1 aliphatic rings. The molecule has 0 spiro atoms. The van der Waals surface area contributed by atoms with E-state index in [1.807, 2.05) is 30.3 Å². The molecule has 2 heterocycles. The van der Waals surface area contributed by atoms with E-state index in [1.54, 1.807) is 6.92 Å². The second-order valence-corrected chi connectivity index (χ2v) is 7.98. The first-order valence-electron chi connectivity index (χ1n) is 9.87. The van der Waals surface area contributed by atoms with Crippen molar-refractivity contribution < 1.29 is 22.4 Å². The summed E-state index contributed by atoms with van der Waals surface area (Å²) in [4.78, 5) is 12.8. The summed E-state index contributed by atoms with van der Waals surface area (Å²) < 4.78 is 55.5. The Balaban J connectivity index is 1.66. The van der Waals surface area contributed by atoms with Gasteiger partial charge in [-0.1, -0.05) is 54.1 Å². The lowest BCUT2D eigenvalue weighted by atomic mass is 9.97. The number of anilines is 1. The van der Waals surface area contributed by atoms with Gasteiger partial charge in [0.15, 0.2) is 11.7 Å². The van der Waals surface area contributed by atoms with Gasteiger partial charge >= 0.3 is 6.18 Å². The number of hydrogen-bond donors (Lipinski definition) is 2. The predicted octanol–water partition coefficient (Wildman–Crippen LogP) is 5.83. The van der Waals surface area contributed by atoms with Crippen LogP contribution in [0, 0.1) is 5.82 Å². The smallest absolute Gasteiger partial charge is 0.362 e. The van der Waals surface area contributed by atoms with Crippen LogP contribution in [0.1, 0.15) is 53.1 Å². The standard InChI is InChI=1S/C22H19ClF4N4O/c1-12(13-5-3-2-4-6-13)28-21(32)19-18(23)20-29-16(14-7-9-15(24)10-8-14)11-17(22(25,26)27)31(20)30-19/h2-10,12,16-17,29H,11H2,1H3,(H,28,32)/t12-,16-,17-/m1/s1. The maximum Gasteiger partial charge on any atom is 0.410 e. The van der Waals surface area contributed by atoms with Crippen molar-refractivity contribution in [1.29, 1.82) is 0 Å². The molecule has 1 amide bonds. The molecule has 3 atom stereocenters. The lowest BCUT2D eigenvalue weighted by molar-refractivity contribution is -0.173. The van der Waals surface area contributed by atoms with Crippen molar-refractivity contribution in [2.45, 2.75) is 37.6 Å². The van der Waals surface area contributed by atoms with E-state index in [9.17, 15) is 22.4 Å². The van der Waals surface area contributed by atoms with Gasteiger partial charge < -0.3 is 10.6 Å². The van der Waals surface area contributed by atoms with Gasteiger partial charge in [0.25, 0.3) is 5.91 Å². The Morgan fingerprint density at radius 1 is 1.19 bits per heavy atom. The van der Waals surface area contributed by atoms with E-state index in [0.717, 1.165) is 5.56 Å². The van der Waals surface area contributed by atoms with Gasteiger partial charge in [0.05, 0.1) is 12.1 Å². The summed E-state index contributed by atoms with van der Waals surface area (Å²) in [5.41, 5.74) is 0.988. The molecule has 10 heteroatoms. The first-order chi connectivity index (χ1) is 15.1. The lowest BCUT2D eigenvalue weighted by Crippen LogP contribution is -2.36. The number of fused-ring (bicyclic) bond motifs is 1. The molecule has 4 rings (SSSR count). The molecule has 0 radical (unpaired) electrons. The van der Waals surface area contributed by atoms with Gasteiger partial charge in [-0.25, -0.2) is 9.07 Å².